The summed E-state index contributed by atoms with van der Waals surface area (Å²) in [6, 6.07) is 9.11. The van der Waals surface area contributed by atoms with Crippen LogP contribution in [0.5, 0.6) is 0 Å². The molecule has 19 heavy (non-hydrogen) atoms. The van der Waals surface area contributed by atoms with Gasteiger partial charge in [0, 0.05) is 11.3 Å². The zero-order chi connectivity index (χ0) is 13.9. The van der Waals surface area contributed by atoms with Gasteiger partial charge in [-0.3, -0.25) is 0 Å². The van der Waals surface area contributed by atoms with Crippen LogP contribution in [-0.2, 0) is 6.42 Å². The number of hydrogen-bond donors (Lipinski definition) is 1. The van der Waals surface area contributed by atoms with Crippen molar-refractivity contribution in [3.05, 3.63) is 54.0 Å². The van der Waals surface area contributed by atoms with Crippen LogP contribution < -0.4 is 0 Å². The van der Waals surface area contributed by atoms with Crippen molar-refractivity contribution < 1.29 is 22.7 Å². The second-order valence-corrected chi connectivity index (χ2v) is 5.05. The lowest BCUT2D eigenvalue weighted by molar-refractivity contribution is -0.0328. The van der Waals surface area contributed by atoms with Crippen LogP contribution in [0.1, 0.15) is 17.4 Å². The van der Waals surface area contributed by atoms with Gasteiger partial charge in [-0.1, -0.05) is 12.1 Å². The van der Waals surface area contributed by atoms with Crippen molar-refractivity contribution in [3.8, 4) is 0 Å². The maximum atomic E-state index is 12.2. The van der Waals surface area contributed by atoms with Gasteiger partial charge >= 0.3 is 5.51 Å². The monoisotopic (exact) mass is 288 g/mol. The van der Waals surface area contributed by atoms with Gasteiger partial charge in [0.05, 0.1) is 12.4 Å². The summed E-state index contributed by atoms with van der Waals surface area (Å²) in [5, 5.41) is 9.93. The average molecular weight is 288 g/mol. The van der Waals surface area contributed by atoms with E-state index in [2.05, 4.69) is 0 Å². The number of alkyl halides is 3. The van der Waals surface area contributed by atoms with Crippen molar-refractivity contribution in [3.63, 3.8) is 0 Å². The molecule has 0 bridgehead atoms. The Morgan fingerprint density at radius 2 is 1.84 bits per heavy atom. The summed E-state index contributed by atoms with van der Waals surface area (Å²) in [6.07, 6.45) is 1.00. The molecular formula is C13H11F3O2S. The normalized spacial score (nSPS) is 13.5. The van der Waals surface area contributed by atoms with Gasteiger partial charge in [0.2, 0.25) is 0 Å². The van der Waals surface area contributed by atoms with Crippen LogP contribution in [0.4, 0.5) is 13.2 Å². The molecule has 0 aliphatic rings. The van der Waals surface area contributed by atoms with E-state index in [1.165, 1.54) is 30.5 Å². The van der Waals surface area contributed by atoms with E-state index in [1.807, 2.05) is 0 Å². The Kier molecular flexibility index (Phi) is 4.21. The van der Waals surface area contributed by atoms with E-state index >= 15 is 0 Å². The molecule has 2 aromatic rings. The summed E-state index contributed by atoms with van der Waals surface area (Å²) < 4.78 is 41.6. The van der Waals surface area contributed by atoms with Gasteiger partial charge in [0.15, 0.2) is 0 Å². The standard InChI is InChI=1S/C13H11F3O2S/c14-13(15,16)19-11-5-3-9(4-6-11)12(17)8-10-2-1-7-18-10/h1-7,12,17H,8H2. The van der Waals surface area contributed by atoms with Crippen molar-refractivity contribution in [2.45, 2.75) is 22.9 Å². The lowest BCUT2D eigenvalue weighted by Crippen LogP contribution is -2.02. The number of rotatable bonds is 4. The van der Waals surface area contributed by atoms with Crippen molar-refractivity contribution in [2.24, 2.45) is 0 Å². The second-order valence-electron chi connectivity index (χ2n) is 3.92. The first-order chi connectivity index (χ1) is 8.94. The Hall–Kier alpha value is -1.40. The van der Waals surface area contributed by atoms with Gasteiger partial charge in [0.25, 0.3) is 0 Å². The lowest BCUT2D eigenvalue weighted by Gasteiger charge is -2.10. The van der Waals surface area contributed by atoms with Crippen LogP contribution in [0.2, 0.25) is 0 Å². The zero-order valence-corrected chi connectivity index (χ0v) is 10.5. The van der Waals surface area contributed by atoms with Gasteiger partial charge in [0.1, 0.15) is 5.76 Å². The predicted molar refractivity (Wildman–Crippen MR) is 65.7 cm³/mol. The highest BCUT2D eigenvalue weighted by Gasteiger charge is 2.29. The molecule has 0 radical (unpaired) electrons. The van der Waals surface area contributed by atoms with Gasteiger partial charge in [-0.25, -0.2) is 0 Å². The molecule has 6 heteroatoms. The quantitative estimate of drug-likeness (QED) is 0.857. The molecule has 1 aromatic heterocycles. The molecule has 0 amide bonds. The predicted octanol–water partition coefficient (Wildman–Crippen LogP) is 4.17. The van der Waals surface area contributed by atoms with Crippen molar-refractivity contribution in [1.82, 2.24) is 0 Å². The summed E-state index contributed by atoms with van der Waals surface area (Å²) in [5.41, 5.74) is -3.74. The smallest absolute Gasteiger partial charge is 0.446 e. The molecular weight excluding hydrogens is 277 g/mol. The van der Waals surface area contributed by atoms with E-state index in [-0.39, 0.29) is 16.7 Å². The molecule has 102 valence electrons. The van der Waals surface area contributed by atoms with Crippen LogP contribution in [-0.4, -0.2) is 10.6 Å². The first-order valence-electron chi connectivity index (χ1n) is 5.50. The molecule has 1 unspecified atom stereocenters. The minimum absolute atomic E-state index is 0.0986. The lowest BCUT2D eigenvalue weighted by atomic mass is 10.1. The molecule has 1 atom stereocenters. The molecule has 0 saturated heterocycles. The van der Waals surface area contributed by atoms with Crippen molar-refractivity contribution in [1.29, 1.82) is 0 Å². The Morgan fingerprint density at radius 3 is 2.37 bits per heavy atom. The van der Waals surface area contributed by atoms with Gasteiger partial charge in [-0.15, -0.1) is 0 Å². The van der Waals surface area contributed by atoms with E-state index in [1.54, 1.807) is 12.1 Å². The molecule has 1 aromatic carbocycles. The molecule has 0 fully saturated rings. The fourth-order valence-electron chi connectivity index (χ4n) is 1.63. The van der Waals surface area contributed by atoms with E-state index < -0.39 is 11.6 Å². The highest BCUT2D eigenvalue weighted by molar-refractivity contribution is 8.00. The minimum Gasteiger partial charge on any atom is -0.469 e. The Labute approximate surface area is 112 Å². The Morgan fingerprint density at radius 1 is 1.16 bits per heavy atom. The number of thioether (sulfide) groups is 1. The first kappa shape index (κ1) is 14.0. The number of aliphatic hydroxyl groups is 1. The van der Waals surface area contributed by atoms with E-state index in [4.69, 9.17) is 4.42 Å². The first-order valence-corrected chi connectivity index (χ1v) is 6.32. The highest BCUT2D eigenvalue weighted by atomic mass is 32.2. The fourth-order valence-corrected chi connectivity index (χ4v) is 2.17. The number of aliphatic hydroxyl groups excluding tert-OH is 1. The maximum Gasteiger partial charge on any atom is 0.446 e. The van der Waals surface area contributed by atoms with Crippen LogP contribution in [0.3, 0.4) is 0 Å². The van der Waals surface area contributed by atoms with E-state index in [0.29, 0.717) is 17.7 Å². The van der Waals surface area contributed by atoms with E-state index in [0.717, 1.165) is 0 Å². The maximum absolute atomic E-state index is 12.2. The van der Waals surface area contributed by atoms with Crippen LogP contribution >= 0.6 is 11.8 Å². The summed E-state index contributed by atoms with van der Waals surface area (Å²) in [7, 11) is 0. The van der Waals surface area contributed by atoms with Crippen LogP contribution in [0, 0.1) is 0 Å². The average Bonchev–Trinajstić information content (AvgIpc) is 2.80. The minimum atomic E-state index is -4.30. The molecule has 2 rings (SSSR count). The van der Waals surface area contributed by atoms with Gasteiger partial charge in [-0.2, -0.15) is 13.2 Å². The van der Waals surface area contributed by atoms with Crippen molar-refractivity contribution in [2.75, 3.05) is 0 Å². The van der Waals surface area contributed by atoms with Gasteiger partial charge in [-0.05, 0) is 41.6 Å². The number of benzene rings is 1. The molecule has 0 saturated carbocycles. The molecule has 2 nitrogen and oxygen atoms in total. The third-order valence-corrected chi connectivity index (χ3v) is 3.21. The fraction of sp³-hybridized carbons (Fsp3) is 0.231. The summed E-state index contributed by atoms with van der Waals surface area (Å²) >= 11 is -0.174. The number of halogens is 3. The Bertz CT molecular complexity index is 506. The molecule has 1 N–H and O–H groups in total. The summed E-state index contributed by atoms with van der Waals surface area (Å²) in [6.45, 7) is 0. The number of furan rings is 1. The SMILES string of the molecule is OC(Cc1ccco1)c1ccc(SC(F)(F)F)cc1. The van der Waals surface area contributed by atoms with Crippen molar-refractivity contribution >= 4 is 11.8 Å². The number of hydrogen-bond acceptors (Lipinski definition) is 3. The summed E-state index contributed by atoms with van der Waals surface area (Å²) in [5.74, 6) is 0.626. The molecule has 0 aliphatic carbocycles. The summed E-state index contributed by atoms with van der Waals surface area (Å²) in [4.78, 5) is 0.0986. The molecule has 0 spiro atoms. The molecule has 1 heterocycles. The highest BCUT2D eigenvalue weighted by Crippen LogP contribution is 2.37. The van der Waals surface area contributed by atoms with Gasteiger partial charge < -0.3 is 9.52 Å². The Balaban J connectivity index is 2.01. The molecule has 0 aliphatic heterocycles. The third-order valence-electron chi connectivity index (χ3n) is 2.47. The van der Waals surface area contributed by atoms with E-state index in [9.17, 15) is 18.3 Å². The second kappa shape index (κ2) is 5.71. The largest absolute Gasteiger partial charge is 0.469 e. The third kappa shape index (κ3) is 4.33. The van der Waals surface area contributed by atoms with Crippen LogP contribution in [0.15, 0.2) is 52.0 Å². The van der Waals surface area contributed by atoms with Crippen LogP contribution in [0.25, 0.3) is 0 Å². The topological polar surface area (TPSA) is 33.4 Å². The zero-order valence-electron chi connectivity index (χ0n) is 9.72.